The predicted molar refractivity (Wildman–Crippen MR) is 118 cm³/mol. The Labute approximate surface area is 172 Å². The van der Waals surface area contributed by atoms with Gasteiger partial charge < -0.3 is 0 Å². The van der Waals surface area contributed by atoms with E-state index in [0.717, 1.165) is 46.1 Å². The number of fused-ring (bicyclic) bond motifs is 3. The van der Waals surface area contributed by atoms with Gasteiger partial charge in [-0.25, -0.2) is 4.98 Å². The quantitative estimate of drug-likeness (QED) is 0.331. The molecule has 140 valence electrons. The molecular weight excluding hydrogens is 384 g/mol. The molecule has 2 heterocycles. The van der Waals surface area contributed by atoms with Crippen molar-refractivity contribution in [2.24, 2.45) is 0 Å². The Balaban J connectivity index is 1.67. The van der Waals surface area contributed by atoms with Crippen LogP contribution >= 0.6 is 23.1 Å². The van der Waals surface area contributed by atoms with E-state index in [2.05, 4.69) is 31.2 Å². The number of thioether (sulfide) groups is 1. The minimum Gasteiger partial charge on any atom is -0.268 e. The van der Waals surface area contributed by atoms with Gasteiger partial charge in [0.05, 0.1) is 11.1 Å². The fourth-order valence-electron chi connectivity index (χ4n) is 3.77. The van der Waals surface area contributed by atoms with E-state index in [1.807, 2.05) is 30.3 Å². The molecule has 0 N–H and O–H groups in total. The van der Waals surface area contributed by atoms with Crippen LogP contribution in [0.5, 0.6) is 0 Å². The number of rotatable bonds is 4. The van der Waals surface area contributed by atoms with Crippen LogP contribution in [0.15, 0.2) is 64.5 Å². The summed E-state index contributed by atoms with van der Waals surface area (Å²) in [7, 11) is 0. The Morgan fingerprint density at radius 1 is 1.07 bits per heavy atom. The van der Waals surface area contributed by atoms with Gasteiger partial charge in [-0.3, -0.25) is 9.36 Å². The molecule has 0 radical (unpaired) electrons. The second-order valence-electron chi connectivity index (χ2n) is 7.18. The van der Waals surface area contributed by atoms with Crippen molar-refractivity contribution >= 4 is 33.3 Å². The van der Waals surface area contributed by atoms with E-state index >= 15 is 0 Å². The maximum Gasteiger partial charge on any atom is 0.267 e. The van der Waals surface area contributed by atoms with Crippen LogP contribution in [0.2, 0.25) is 0 Å². The molecule has 2 aromatic heterocycles. The van der Waals surface area contributed by atoms with Crippen molar-refractivity contribution in [3.8, 4) is 5.69 Å². The van der Waals surface area contributed by atoms with Gasteiger partial charge in [0.1, 0.15) is 4.83 Å². The van der Waals surface area contributed by atoms with E-state index < -0.39 is 0 Å². The molecule has 3 nitrogen and oxygen atoms in total. The van der Waals surface area contributed by atoms with Crippen LogP contribution in [-0.4, -0.2) is 9.55 Å². The molecular formula is C23H20N2OS2. The molecule has 0 aliphatic heterocycles. The van der Waals surface area contributed by atoms with Crippen molar-refractivity contribution in [3.63, 3.8) is 0 Å². The highest BCUT2D eigenvalue weighted by atomic mass is 32.2. The first-order valence-electron chi connectivity index (χ1n) is 9.52. The van der Waals surface area contributed by atoms with Gasteiger partial charge in [0.25, 0.3) is 5.56 Å². The summed E-state index contributed by atoms with van der Waals surface area (Å²) in [5.41, 5.74) is 4.60. The van der Waals surface area contributed by atoms with Crippen LogP contribution in [0, 0.1) is 6.92 Å². The van der Waals surface area contributed by atoms with E-state index in [9.17, 15) is 4.79 Å². The summed E-state index contributed by atoms with van der Waals surface area (Å²) in [6.45, 7) is 2.06. The number of thiophene rings is 1. The number of hydrogen-bond donors (Lipinski definition) is 0. The average Bonchev–Trinajstić information content (AvgIpc) is 3.29. The van der Waals surface area contributed by atoms with Crippen molar-refractivity contribution < 1.29 is 0 Å². The highest BCUT2D eigenvalue weighted by Gasteiger charge is 2.23. The van der Waals surface area contributed by atoms with Crippen LogP contribution in [-0.2, 0) is 18.6 Å². The normalized spacial score (nSPS) is 13.2. The third-order valence-corrected chi connectivity index (χ3v) is 7.41. The van der Waals surface area contributed by atoms with Crippen LogP contribution in [0.3, 0.4) is 0 Å². The second kappa shape index (κ2) is 7.22. The molecule has 5 heteroatoms. The minimum atomic E-state index is 0.0730. The van der Waals surface area contributed by atoms with Gasteiger partial charge in [0.15, 0.2) is 5.16 Å². The molecule has 4 aromatic rings. The number of nitrogens with zero attached hydrogens (tertiary/aromatic N) is 2. The molecule has 0 saturated heterocycles. The van der Waals surface area contributed by atoms with Crippen molar-refractivity contribution in [2.45, 2.75) is 37.1 Å². The van der Waals surface area contributed by atoms with E-state index in [-0.39, 0.29) is 5.56 Å². The summed E-state index contributed by atoms with van der Waals surface area (Å²) in [5, 5.41) is 1.60. The third-order valence-electron chi connectivity index (χ3n) is 5.21. The smallest absolute Gasteiger partial charge is 0.267 e. The van der Waals surface area contributed by atoms with Crippen LogP contribution in [0.1, 0.15) is 28.0 Å². The van der Waals surface area contributed by atoms with Crippen LogP contribution in [0.4, 0.5) is 0 Å². The molecule has 0 fully saturated rings. The predicted octanol–water partition coefficient (Wildman–Crippen LogP) is 5.54. The minimum absolute atomic E-state index is 0.0730. The Morgan fingerprint density at radius 2 is 1.86 bits per heavy atom. The van der Waals surface area contributed by atoms with Gasteiger partial charge in [0, 0.05) is 10.6 Å². The van der Waals surface area contributed by atoms with Crippen molar-refractivity contribution in [1.29, 1.82) is 0 Å². The first-order valence-corrected chi connectivity index (χ1v) is 11.3. The fraction of sp³-hybridized carbons (Fsp3) is 0.217. The SMILES string of the molecule is Cc1ccc(-n2c(SCc3ccccc3)nc3sc4c(c3c2=O)CCC4)cc1. The Hall–Kier alpha value is -2.37. The molecule has 2 aromatic carbocycles. The van der Waals surface area contributed by atoms with E-state index in [4.69, 9.17) is 4.98 Å². The van der Waals surface area contributed by atoms with Crippen LogP contribution < -0.4 is 5.56 Å². The van der Waals surface area contributed by atoms with E-state index in [1.165, 1.54) is 21.6 Å². The molecule has 0 atom stereocenters. The largest absolute Gasteiger partial charge is 0.268 e. The highest BCUT2D eigenvalue weighted by Crippen LogP contribution is 2.36. The fourth-order valence-corrected chi connectivity index (χ4v) is 6.04. The zero-order valence-corrected chi connectivity index (χ0v) is 17.3. The van der Waals surface area contributed by atoms with Gasteiger partial charge in [-0.2, -0.15) is 0 Å². The molecule has 1 aliphatic carbocycles. The van der Waals surface area contributed by atoms with Crippen LogP contribution in [0.25, 0.3) is 15.9 Å². The lowest BCUT2D eigenvalue weighted by Crippen LogP contribution is -2.21. The van der Waals surface area contributed by atoms with Gasteiger partial charge in [0.2, 0.25) is 0 Å². The molecule has 5 rings (SSSR count). The lowest BCUT2D eigenvalue weighted by atomic mass is 10.2. The standard InChI is InChI=1S/C23H20N2OS2/c1-15-10-12-17(13-11-15)25-22(26)20-18-8-5-9-19(18)28-21(20)24-23(25)27-14-16-6-3-2-4-7-16/h2-4,6-7,10-13H,5,8-9,14H2,1H3. The Morgan fingerprint density at radius 3 is 2.64 bits per heavy atom. The summed E-state index contributed by atoms with van der Waals surface area (Å²) < 4.78 is 1.81. The summed E-state index contributed by atoms with van der Waals surface area (Å²) in [4.78, 5) is 20.8. The summed E-state index contributed by atoms with van der Waals surface area (Å²) >= 11 is 3.33. The first-order chi connectivity index (χ1) is 13.7. The number of hydrogen-bond acceptors (Lipinski definition) is 4. The number of aromatic nitrogens is 2. The second-order valence-corrected chi connectivity index (χ2v) is 9.21. The topological polar surface area (TPSA) is 34.9 Å². The maximum atomic E-state index is 13.6. The number of aryl methyl sites for hydroxylation is 3. The van der Waals surface area contributed by atoms with E-state index in [0.29, 0.717) is 0 Å². The maximum absolute atomic E-state index is 13.6. The van der Waals surface area contributed by atoms with Gasteiger partial charge in [-0.1, -0.05) is 59.8 Å². The third kappa shape index (κ3) is 3.09. The van der Waals surface area contributed by atoms with Gasteiger partial charge in [-0.05, 0) is 49.4 Å². The highest BCUT2D eigenvalue weighted by molar-refractivity contribution is 7.98. The van der Waals surface area contributed by atoms with Gasteiger partial charge in [-0.15, -0.1) is 11.3 Å². The average molecular weight is 405 g/mol. The summed E-state index contributed by atoms with van der Waals surface area (Å²) in [5.74, 6) is 0.787. The number of benzene rings is 2. The van der Waals surface area contributed by atoms with Crippen molar-refractivity contribution in [3.05, 3.63) is 86.5 Å². The molecule has 28 heavy (non-hydrogen) atoms. The molecule has 0 unspecified atom stereocenters. The van der Waals surface area contributed by atoms with Gasteiger partial charge >= 0.3 is 0 Å². The van der Waals surface area contributed by atoms with E-state index in [1.54, 1.807) is 27.7 Å². The summed E-state index contributed by atoms with van der Waals surface area (Å²) in [6.07, 6.45) is 3.22. The Kier molecular flexibility index (Phi) is 4.57. The zero-order valence-electron chi connectivity index (χ0n) is 15.6. The molecule has 0 amide bonds. The molecule has 0 spiro atoms. The molecule has 1 aliphatic rings. The summed E-state index contributed by atoms with van der Waals surface area (Å²) in [6, 6.07) is 18.5. The van der Waals surface area contributed by atoms with Crippen molar-refractivity contribution in [1.82, 2.24) is 9.55 Å². The Bertz CT molecular complexity index is 1210. The molecule has 0 bridgehead atoms. The molecule has 0 saturated carbocycles. The lowest BCUT2D eigenvalue weighted by molar-refractivity contribution is 0.819. The monoisotopic (exact) mass is 404 g/mol. The van der Waals surface area contributed by atoms with Crippen molar-refractivity contribution in [2.75, 3.05) is 0 Å². The zero-order chi connectivity index (χ0) is 19.1. The first kappa shape index (κ1) is 17.7. The lowest BCUT2D eigenvalue weighted by Gasteiger charge is -2.13.